The van der Waals surface area contributed by atoms with Gasteiger partial charge in [-0.2, -0.15) is 9.49 Å². The quantitative estimate of drug-likeness (QED) is 0.368. The zero-order valence-electron chi connectivity index (χ0n) is 19.2. The first-order valence-electron chi connectivity index (χ1n) is 11.4. The van der Waals surface area contributed by atoms with Gasteiger partial charge in [-0.15, -0.1) is 0 Å². The Labute approximate surface area is 200 Å². The van der Waals surface area contributed by atoms with Gasteiger partial charge < -0.3 is 15.6 Å². The number of aryl methyl sites for hydroxylation is 1. The highest BCUT2D eigenvalue weighted by molar-refractivity contribution is 6.06. The Kier molecular flexibility index (Phi) is 6.23. The molecule has 5 rings (SSSR count). The van der Waals surface area contributed by atoms with Crippen LogP contribution >= 0.6 is 0 Å². The van der Waals surface area contributed by atoms with Crippen LogP contribution in [0, 0.1) is 5.95 Å². The third-order valence-corrected chi connectivity index (χ3v) is 5.94. The molecule has 0 unspecified atom stereocenters. The lowest BCUT2D eigenvalue weighted by Gasteiger charge is -2.25. The second-order valence-electron chi connectivity index (χ2n) is 8.65. The Bertz CT molecular complexity index is 1390. The molecular formula is C24H25FN8O2. The van der Waals surface area contributed by atoms with E-state index in [1.54, 1.807) is 16.9 Å². The highest BCUT2D eigenvalue weighted by Gasteiger charge is 2.17. The minimum absolute atomic E-state index is 0.129. The van der Waals surface area contributed by atoms with Gasteiger partial charge in [0.15, 0.2) is 0 Å². The number of H-pyrrole nitrogens is 1. The van der Waals surface area contributed by atoms with Gasteiger partial charge in [0.2, 0.25) is 11.9 Å². The van der Waals surface area contributed by atoms with Crippen LogP contribution in [-0.2, 0) is 11.8 Å². The number of hydrogen-bond acceptors (Lipinski definition) is 6. The topological polar surface area (TPSA) is 121 Å². The summed E-state index contributed by atoms with van der Waals surface area (Å²) < 4.78 is 16.0. The highest BCUT2D eigenvalue weighted by Crippen LogP contribution is 2.24. The van der Waals surface area contributed by atoms with Gasteiger partial charge in [-0.05, 0) is 44.1 Å². The molecule has 0 atom stereocenters. The van der Waals surface area contributed by atoms with Crippen molar-refractivity contribution in [1.29, 1.82) is 0 Å². The van der Waals surface area contributed by atoms with Crippen molar-refractivity contribution >= 4 is 34.2 Å². The van der Waals surface area contributed by atoms with Crippen LogP contribution in [0.5, 0.6) is 0 Å². The zero-order valence-corrected chi connectivity index (χ0v) is 19.2. The first-order chi connectivity index (χ1) is 16.9. The van der Waals surface area contributed by atoms with Crippen molar-refractivity contribution in [3.8, 4) is 11.3 Å². The molecule has 5 heterocycles. The summed E-state index contributed by atoms with van der Waals surface area (Å²) in [5.41, 5.74) is 2.77. The van der Waals surface area contributed by atoms with E-state index in [2.05, 4.69) is 35.6 Å². The maximum Gasteiger partial charge on any atom is 0.257 e. The Morgan fingerprint density at radius 2 is 1.89 bits per heavy atom. The monoisotopic (exact) mass is 476 g/mol. The summed E-state index contributed by atoms with van der Waals surface area (Å²) >= 11 is 0. The lowest BCUT2D eigenvalue weighted by molar-refractivity contribution is -0.117. The molecule has 0 aliphatic carbocycles. The number of anilines is 2. The summed E-state index contributed by atoms with van der Waals surface area (Å²) in [5.74, 6) is -1.59. The molecule has 4 aromatic heterocycles. The van der Waals surface area contributed by atoms with E-state index in [0.29, 0.717) is 11.3 Å². The second kappa shape index (κ2) is 9.63. The van der Waals surface area contributed by atoms with Gasteiger partial charge in [-0.25, -0.2) is 9.97 Å². The number of likely N-dealkylation sites (tertiary alicyclic amines) is 1. The molecule has 1 aliphatic rings. The molecule has 1 aliphatic heterocycles. The molecule has 35 heavy (non-hydrogen) atoms. The first-order valence-corrected chi connectivity index (χ1v) is 11.4. The van der Waals surface area contributed by atoms with Gasteiger partial charge in [0.25, 0.3) is 5.91 Å². The Balaban J connectivity index is 1.28. The van der Waals surface area contributed by atoms with Crippen molar-refractivity contribution in [1.82, 2.24) is 29.6 Å². The summed E-state index contributed by atoms with van der Waals surface area (Å²) in [6, 6.07) is 4.90. The molecule has 11 heteroatoms. The number of pyridine rings is 2. The van der Waals surface area contributed by atoms with Crippen LogP contribution in [0.2, 0.25) is 0 Å². The smallest absolute Gasteiger partial charge is 0.257 e. The molecular weight excluding hydrogens is 451 g/mol. The van der Waals surface area contributed by atoms with Crippen molar-refractivity contribution in [3.05, 3.63) is 54.5 Å². The van der Waals surface area contributed by atoms with Crippen LogP contribution in [-0.4, -0.2) is 61.1 Å². The fourth-order valence-corrected chi connectivity index (χ4v) is 4.18. The Morgan fingerprint density at radius 3 is 2.66 bits per heavy atom. The molecule has 1 saturated heterocycles. The van der Waals surface area contributed by atoms with Crippen molar-refractivity contribution < 1.29 is 14.0 Å². The van der Waals surface area contributed by atoms with Crippen molar-refractivity contribution in [3.63, 3.8) is 0 Å². The number of nitrogens with zero attached hydrogens (tertiary/aromatic N) is 5. The molecule has 0 radical (unpaired) electrons. The molecule has 0 aromatic carbocycles. The molecule has 0 saturated carbocycles. The molecule has 0 spiro atoms. The number of nitrogens with one attached hydrogen (secondary N) is 3. The van der Waals surface area contributed by atoms with Gasteiger partial charge in [0, 0.05) is 30.4 Å². The van der Waals surface area contributed by atoms with Crippen LogP contribution < -0.4 is 10.6 Å². The number of amides is 2. The van der Waals surface area contributed by atoms with E-state index in [0.717, 1.165) is 42.6 Å². The van der Waals surface area contributed by atoms with Gasteiger partial charge in [0.05, 0.1) is 41.6 Å². The normalized spacial score (nSPS) is 14.2. The predicted octanol–water partition coefficient (Wildman–Crippen LogP) is 3.17. The van der Waals surface area contributed by atoms with Gasteiger partial charge in [0.1, 0.15) is 5.65 Å². The molecule has 4 aromatic rings. The predicted molar refractivity (Wildman–Crippen MR) is 129 cm³/mol. The van der Waals surface area contributed by atoms with Gasteiger partial charge >= 0.3 is 0 Å². The number of hydrogen-bond donors (Lipinski definition) is 3. The second-order valence-corrected chi connectivity index (χ2v) is 8.65. The molecule has 1 fully saturated rings. The first kappa shape index (κ1) is 22.7. The summed E-state index contributed by atoms with van der Waals surface area (Å²) in [6.07, 6.45) is 9.58. The van der Waals surface area contributed by atoms with Gasteiger partial charge in [-0.3, -0.25) is 19.2 Å². The maximum absolute atomic E-state index is 14.3. The molecule has 0 bridgehead atoms. The molecule has 3 N–H and O–H groups in total. The number of fused-ring (bicyclic) bond motifs is 1. The summed E-state index contributed by atoms with van der Waals surface area (Å²) in [6.45, 7) is 2.04. The lowest BCUT2D eigenvalue weighted by atomic mass is 10.1. The van der Waals surface area contributed by atoms with Crippen LogP contribution in [0.1, 0.15) is 29.6 Å². The van der Waals surface area contributed by atoms with E-state index in [-0.39, 0.29) is 23.7 Å². The minimum atomic E-state index is -0.845. The van der Waals surface area contributed by atoms with Crippen molar-refractivity contribution in [2.24, 2.45) is 7.05 Å². The van der Waals surface area contributed by atoms with Crippen molar-refractivity contribution in [2.45, 2.75) is 19.3 Å². The van der Waals surface area contributed by atoms with Crippen LogP contribution in [0.25, 0.3) is 22.3 Å². The van der Waals surface area contributed by atoms with Crippen molar-refractivity contribution in [2.75, 3.05) is 30.3 Å². The fraction of sp³-hybridized carbons (Fsp3) is 0.292. The zero-order chi connectivity index (χ0) is 24.4. The third-order valence-electron chi connectivity index (χ3n) is 5.94. The van der Waals surface area contributed by atoms with E-state index in [9.17, 15) is 14.0 Å². The minimum Gasteiger partial charge on any atom is -0.339 e. The number of aromatic nitrogens is 5. The van der Waals surface area contributed by atoms with E-state index in [1.165, 1.54) is 24.9 Å². The lowest BCUT2D eigenvalue weighted by Crippen LogP contribution is -2.36. The molecule has 2 amide bonds. The van der Waals surface area contributed by atoms with Gasteiger partial charge in [-0.1, -0.05) is 6.42 Å². The largest absolute Gasteiger partial charge is 0.339 e. The number of piperidine rings is 1. The van der Waals surface area contributed by atoms with Crippen LogP contribution in [0.3, 0.4) is 0 Å². The molecule has 10 nitrogen and oxygen atoms in total. The number of halogens is 1. The average Bonchev–Trinajstić information content (AvgIpc) is 3.47. The van der Waals surface area contributed by atoms with E-state index in [1.807, 2.05) is 19.3 Å². The fourth-order valence-electron chi connectivity index (χ4n) is 4.18. The number of carbonyl (C=O) groups excluding carboxylic acids is 2. The summed E-state index contributed by atoms with van der Waals surface area (Å²) in [5, 5.41) is 10.1. The van der Waals surface area contributed by atoms with Crippen LogP contribution in [0.15, 0.2) is 43.0 Å². The number of rotatable bonds is 6. The van der Waals surface area contributed by atoms with E-state index < -0.39 is 11.9 Å². The highest BCUT2D eigenvalue weighted by atomic mass is 19.1. The summed E-state index contributed by atoms with van der Waals surface area (Å²) in [4.78, 5) is 38.5. The maximum atomic E-state index is 14.3. The number of aromatic amines is 1. The van der Waals surface area contributed by atoms with E-state index in [4.69, 9.17) is 0 Å². The van der Waals surface area contributed by atoms with E-state index >= 15 is 0 Å². The Morgan fingerprint density at radius 1 is 1.06 bits per heavy atom. The SMILES string of the molecule is Cn1cc(-c2cc3cc(C(=O)Nc4cc(NC(=O)CN5CCCCC5)cnc4F)cnc3[nH]2)cn1. The van der Waals surface area contributed by atoms with Crippen LogP contribution in [0.4, 0.5) is 15.8 Å². The standard InChI is InChI=1S/C24H25FN8O2/c1-32-13-17(11-28-32)19-8-15-7-16(10-27-23(15)30-19)24(35)31-20-9-18(12-26-22(20)25)29-21(34)14-33-5-3-2-4-6-33/h7-13H,2-6,14H2,1H3,(H,27,30)(H,29,34)(H,31,35). The number of carbonyl (C=O) groups is 2. The molecule has 180 valence electrons. The average molecular weight is 477 g/mol. The Hall–Kier alpha value is -4.12. The third kappa shape index (κ3) is 5.19. The summed E-state index contributed by atoms with van der Waals surface area (Å²) in [7, 11) is 1.83.